The largest absolute Gasteiger partial charge is 0.389 e. The van der Waals surface area contributed by atoms with Gasteiger partial charge in [-0.1, -0.05) is 12.1 Å². The van der Waals surface area contributed by atoms with Crippen LogP contribution in [0.4, 0.5) is 5.00 Å². The molecule has 0 spiro atoms. The first kappa shape index (κ1) is 8.73. The van der Waals surface area contributed by atoms with E-state index < -0.39 is 0 Å². The Morgan fingerprint density at radius 2 is 2.29 bits per heavy atom. The SMILES string of the molecule is N#Cc1cccc(-c2ncsc2N)c1. The number of anilines is 1. The van der Waals surface area contributed by atoms with E-state index in [1.54, 1.807) is 17.6 Å². The molecule has 0 saturated heterocycles. The highest BCUT2D eigenvalue weighted by molar-refractivity contribution is 7.14. The molecular weight excluding hydrogens is 194 g/mol. The van der Waals surface area contributed by atoms with Crippen molar-refractivity contribution in [2.24, 2.45) is 0 Å². The number of rotatable bonds is 1. The number of nitrogens with two attached hydrogens (primary N) is 1. The molecule has 2 N–H and O–H groups in total. The molecule has 1 aromatic carbocycles. The van der Waals surface area contributed by atoms with Crippen LogP contribution in [0.25, 0.3) is 11.3 Å². The van der Waals surface area contributed by atoms with Crippen LogP contribution in [0.3, 0.4) is 0 Å². The summed E-state index contributed by atoms with van der Waals surface area (Å²) in [5.41, 5.74) is 9.70. The Morgan fingerprint density at radius 1 is 1.43 bits per heavy atom. The zero-order chi connectivity index (χ0) is 9.97. The van der Waals surface area contributed by atoms with Gasteiger partial charge in [0.15, 0.2) is 0 Å². The normalized spacial score (nSPS) is 9.64. The van der Waals surface area contributed by atoms with E-state index in [1.807, 2.05) is 12.1 Å². The summed E-state index contributed by atoms with van der Waals surface area (Å²) in [6.45, 7) is 0. The average molecular weight is 201 g/mol. The Labute approximate surface area is 85.4 Å². The van der Waals surface area contributed by atoms with E-state index in [2.05, 4.69) is 11.1 Å². The molecule has 0 bridgehead atoms. The minimum atomic E-state index is 0.620. The Kier molecular flexibility index (Phi) is 2.17. The van der Waals surface area contributed by atoms with Gasteiger partial charge in [0.05, 0.1) is 17.1 Å². The van der Waals surface area contributed by atoms with E-state index in [9.17, 15) is 0 Å². The Bertz CT molecular complexity index is 496. The van der Waals surface area contributed by atoms with Crippen LogP contribution in [0.2, 0.25) is 0 Å². The molecular formula is C10H7N3S. The van der Waals surface area contributed by atoms with Gasteiger partial charge in [0, 0.05) is 5.56 Å². The fraction of sp³-hybridized carbons (Fsp3) is 0. The predicted octanol–water partition coefficient (Wildman–Crippen LogP) is 2.26. The van der Waals surface area contributed by atoms with Crippen molar-refractivity contribution in [3.8, 4) is 17.3 Å². The van der Waals surface area contributed by atoms with Crippen LogP contribution in [-0.4, -0.2) is 4.98 Å². The first-order valence-corrected chi connectivity index (χ1v) is 4.88. The van der Waals surface area contributed by atoms with E-state index >= 15 is 0 Å². The van der Waals surface area contributed by atoms with Crippen LogP contribution in [-0.2, 0) is 0 Å². The number of benzene rings is 1. The quantitative estimate of drug-likeness (QED) is 0.769. The minimum Gasteiger partial charge on any atom is -0.389 e. The predicted molar refractivity (Wildman–Crippen MR) is 56.7 cm³/mol. The molecule has 14 heavy (non-hydrogen) atoms. The standard InChI is InChI=1S/C10H7N3S/c11-5-7-2-1-3-8(4-7)9-10(12)14-6-13-9/h1-4,6H,12H2. The van der Waals surface area contributed by atoms with E-state index in [0.717, 1.165) is 11.3 Å². The van der Waals surface area contributed by atoms with Crippen molar-refractivity contribution in [2.75, 3.05) is 5.73 Å². The number of hydrogen-bond donors (Lipinski definition) is 1. The van der Waals surface area contributed by atoms with Crippen molar-refractivity contribution in [3.05, 3.63) is 35.3 Å². The number of nitrogens with zero attached hydrogens (tertiary/aromatic N) is 2. The Morgan fingerprint density at radius 3 is 2.93 bits per heavy atom. The van der Waals surface area contributed by atoms with Gasteiger partial charge in [-0.2, -0.15) is 5.26 Å². The smallest absolute Gasteiger partial charge is 0.114 e. The number of thiazole rings is 1. The molecule has 1 aromatic heterocycles. The summed E-state index contributed by atoms with van der Waals surface area (Å²) in [7, 11) is 0. The van der Waals surface area contributed by atoms with Gasteiger partial charge >= 0.3 is 0 Å². The molecule has 0 aliphatic heterocycles. The van der Waals surface area contributed by atoms with Crippen LogP contribution >= 0.6 is 11.3 Å². The monoisotopic (exact) mass is 201 g/mol. The van der Waals surface area contributed by atoms with Gasteiger partial charge in [0.2, 0.25) is 0 Å². The van der Waals surface area contributed by atoms with Crippen molar-refractivity contribution in [3.63, 3.8) is 0 Å². The molecule has 4 heteroatoms. The molecule has 2 rings (SSSR count). The summed E-state index contributed by atoms with van der Waals surface area (Å²) in [5.74, 6) is 0. The second kappa shape index (κ2) is 3.48. The highest BCUT2D eigenvalue weighted by Crippen LogP contribution is 2.27. The Hall–Kier alpha value is -1.86. The highest BCUT2D eigenvalue weighted by Gasteiger charge is 2.05. The highest BCUT2D eigenvalue weighted by atomic mass is 32.1. The summed E-state index contributed by atoms with van der Waals surface area (Å²) >= 11 is 1.40. The second-order valence-corrected chi connectivity index (χ2v) is 3.64. The third-order valence-corrected chi connectivity index (χ3v) is 2.52. The third-order valence-electron chi connectivity index (χ3n) is 1.86. The fourth-order valence-corrected chi connectivity index (χ4v) is 1.76. The lowest BCUT2D eigenvalue weighted by Crippen LogP contribution is -1.86. The molecule has 3 nitrogen and oxygen atoms in total. The fourth-order valence-electron chi connectivity index (χ4n) is 1.21. The molecule has 0 unspecified atom stereocenters. The molecule has 0 atom stereocenters. The van der Waals surface area contributed by atoms with Crippen molar-refractivity contribution in [1.82, 2.24) is 4.98 Å². The van der Waals surface area contributed by atoms with E-state index in [0.29, 0.717) is 10.6 Å². The van der Waals surface area contributed by atoms with E-state index in [1.165, 1.54) is 11.3 Å². The van der Waals surface area contributed by atoms with Crippen molar-refractivity contribution >= 4 is 16.3 Å². The van der Waals surface area contributed by atoms with Gasteiger partial charge in [0.1, 0.15) is 10.7 Å². The number of aromatic nitrogens is 1. The molecule has 0 fully saturated rings. The lowest BCUT2D eigenvalue weighted by molar-refractivity contribution is 1.40. The van der Waals surface area contributed by atoms with Crippen molar-refractivity contribution in [1.29, 1.82) is 5.26 Å². The number of hydrogen-bond acceptors (Lipinski definition) is 4. The van der Waals surface area contributed by atoms with Crippen LogP contribution < -0.4 is 5.73 Å². The molecule has 0 radical (unpaired) electrons. The van der Waals surface area contributed by atoms with E-state index in [4.69, 9.17) is 11.0 Å². The number of nitrogen functional groups attached to an aromatic ring is 1. The van der Waals surface area contributed by atoms with Gasteiger partial charge in [-0.05, 0) is 12.1 Å². The maximum absolute atomic E-state index is 8.73. The molecule has 0 saturated carbocycles. The first-order chi connectivity index (χ1) is 6.81. The van der Waals surface area contributed by atoms with Gasteiger partial charge in [-0.25, -0.2) is 4.98 Å². The maximum Gasteiger partial charge on any atom is 0.114 e. The summed E-state index contributed by atoms with van der Waals surface area (Å²) < 4.78 is 0. The minimum absolute atomic E-state index is 0.620. The van der Waals surface area contributed by atoms with Crippen molar-refractivity contribution in [2.45, 2.75) is 0 Å². The van der Waals surface area contributed by atoms with Gasteiger partial charge < -0.3 is 5.73 Å². The lowest BCUT2D eigenvalue weighted by atomic mass is 10.1. The topological polar surface area (TPSA) is 62.7 Å². The van der Waals surface area contributed by atoms with Crippen LogP contribution in [0.15, 0.2) is 29.8 Å². The molecule has 0 amide bonds. The molecule has 2 aromatic rings. The zero-order valence-electron chi connectivity index (χ0n) is 7.27. The van der Waals surface area contributed by atoms with Crippen molar-refractivity contribution < 1.29 is 0 Å². The maximum atomic E-state index is 8.73. The summed E-state index contributed by atoms with van der Waals surface area (Å²) in [4.78, 5) is 4.15. The lowest BCUT2D eigenvalue weighted by Gasteiger charge is -1.98. The van der Waals surface area contributed by atoms with Crippen LogP contribution in [0, 0.1) is 11.3 Å². The van der Waals surface area contributed by atoms with Crippen LogP contribution in [0.5, 0.6) is 0 Å². The van der Waals surface area contributed by atoms with Gasteiger partial charge in [0.25, 0.3) is 0 Å². The van der Waals surface area contributed by atoms with Crippen LogP contribution in [0.1, 0.15) is 5.56 Å². The average Bonchev–Trinajstić information content (AvgIpc) is 2.65. The van der Waals surface area contributed by atoms with Gasteiger partial charge in [-0.3, -0.25) is 0 Å². The third kappa shape index (κ3) is 1.45. The Balaban J connectivity index is 2.53. The molecule has 1 heterocycles. The molecule has 0 aliphatic carbocycles. The van der Waals surface area contributed by atoms with Gasteiger partial charge in [-0.15, -0.1) is 11.3 Å². The summed E-state index contributed by atoms with van der Waals surface area (Å²) in [6, 6.07) is 9.34. The molecule has 68 valence electrons. The van der Waals surface area contributed by atoms with E-state index in [-0.39, 0.29) is 0 Å². The first-order valence-electron chi connectivity index (χ1n) is 4.01. The summed E-state index contributed by atoms with van der Waals surface area (Å²) in [6.07, 6.45) is 0. The zero-order valence-corrected chi connectivity index (χ0v) is 8.08. The second-order valence-electron chi connectivity index (χ2n) is 2.76. The molecule has 0 aliphatic rings. The number of nitriles is 1. The summed E-state index contributed by atoms with van der Waals surface area (Å²) in [5, 5.41) is 9.41.